The van der Waals surface area contributed by atoms with Crippen molar-refractivity contribution in [1.29, 1.82) is 0 Å². The topological polar surface area (TPSA) is 18.5 Å². The molecule has 310 valence electrons. The van der Waals surface area contributed by atoms with Crippen LogP contribution in [0, 0.1) is 55.4 Å². The number of rotatable bonds is 13. The van der Waals surface area contributed by atoms with E-state index in [0.717, 1.165) is 35.5 Å². The van der Waals surface area contributed by atoms with Crippen LogP contribution in [-0.2, 0) is 12.8 Å². The van der Waals surface area contributed by atoms with E-state index < -0.39 is 16.3 Å². The summed E-state index contributed by atoms with van der Waals surface area (Å²) in [6.45, 7) is 17.8. The lowest BCUT2D eigenvalue weighted by Crippen LogP contribution is -2.18. The highest BCUT2D eigenvalue weighted by molar-refractivity contribution is 7.69. The Bertz CT molecular complexity index is 2500. The SMILES string of the molecule is Cc1cc(C)cc(Cc2cc(C)c(C)c(-c3c(C)c(C)cc(Cc4cc(C)cc(C)c4)c3OP(c3ccccc3)c3ccccc3)c2OP(c2ccccc2)c2ccccc2)c1. The average molecular weight is 847 g/mol. The molecule has 0 unspecified atom stereocenters. The molecule has 0 aliphatic heterocycles. The molecule has 0 saturated heterocycles. The maximum atomic E-state index is 7.80. The molecule has 8 aromatic rings. The molecule has 0 saturated carbocycles. The van der Waals surface area contributed by atoms with E-state index in [0.29, 0.717) is 0 Å². The maximum absolute atomic E-state index is 7.80. The third-order valence-electron chi connectivity index (χ3n) is 11.7. The standard InChI is InChI=1S/C58H56O2P2/c1-39-29-40(2)32-47(31-39)37-49-35-43(5)45(7)55(57(49)59-61(51-21-13-9-14-22-51)52-23-15-10-16-24-52)56-46(8)44(6)36-50(38-48-33-41(3)30-42(4)34-48)58(56)60-62(53-25-17-11-18-26-53)54-27-19-12-20-28-54/h9-36H,37-38H2,1-8H3. The molecule has 0 fully saturated rings. The first-order chi connectivity index (χ1) is 30.0. The molecule has 0 atom stereocenters. The minimum atomic E-state index is -1.27. The Labute approximate surface area is 372 Å². The van der Waals surface area contributed by atoms with Gasteiger partial charge in [-0.2, -0.15) is 0 Å². The molecule has 4 heteroatoms. The zero-order valence-electron chi connectivity index (χ0n) is 37.3. The molecule has 0 aliphatic rings. The average Bonchev–Trinajstić information content (AvgIpc) is 3.26. The summed E-state index contributed by atoms with van der Waals surface area (Å²) < 4.78 is 15.6. The van der Waals surface area contributed by atoms with Crippen LogP contribution >= 0.6 is 16.3 Å². The first-order valence-corrected chi connectivity index (χ1v) is 24.1. The smallest absolute Gasteiger partial charge is 0.150 e. The van der Waals surface area contributed by atoms with E-state index in [9.17, 15) is 0 Å². The van der Waals surface area contributed by atoms with Crippen LogP contribution in [-0.4, -0.2) is 0 Å². The molecule has 0 aromatic heterocycles. The Morgan fingerprint density at radius 3 is 0.887 bits per heavy atom. The second kappa shape index (κ2) is 19.1. The zero-order valence-corrected chi connectivity index (χ0v) is 39.1. The van der Waals surface area contributed by atoms with Gasteiger partial charge in [0.1, 0.15) is 11.5 Å². The van der Waals surface area contributed by atoms with E-state index >= 15 is 0 Å². The van der Waals surface area contributed by atoms with Gasteiger partial charge in [-0.25, -0.2) is 0 Å². The molecule has 0 heterocycles. The van der Waals surface area contributed by atoms with Crippen LogP contribution in [0.4, 0.5) is 0 Å². The van der Waals surface area contributed by atoms with Crippen molar-refractivity contribution in [2.75, 3.05) is 0 Å². The third kappa shape index (κ3) is 9.64. The minimum absolute atomic E-state index is 0.732. The van der Waals surface area contributed by atoms with Crippen LogP contribution in [0.15, 0.2) is 170 Å². The van der Waals surface area contributed by atoms with Gasteiger partial charge in [-0.05, 0) is 99.9 Å². The van der Waals surface area contributed by atoms with Crippen molar-refractivity contribution in [2.45, 2.75) is 68.2 Å². The third-order valence-corrected chi connectivity index (χ3v) is 15.5. The normalized spacial score (nSPS) is 11.3. The molecular formula is C58H56O2P2. The quantitative estimate of drug-likeness (QED) is 0.108. The molecule has 0 spiro atoms. The van der Waals surface area contributed by atoms with Gasteiger partial charge in [0.2, 0.25) is 0 Å². The summed E-state index contributed by atoms with van der Waals surface area (Å²) in [6, 6.07) is 61.6. The van der Waals surface area contributed by atoms with Crippen molar-refractivity contribution < 1.29 is 9.05 Å². The lowest BCUT2D eigenvalue weighted by atomic mass is 9.85. The van der Waals surface area contributed by atoms with Crippen molar-refractivity contribution in [3.8, 4) is 22.6 Å². The molecule has 0 amide bonds. The molecule has 0 bridgehead atoms. The predicted octanol–water partition coefficient (Wildman–Crippen LogP) is 13.9. The van der Waals surface area contributed by atoms with Gasteiger partial charge in [0.15, 0.2) is 16.3 Å². The van der Waals surface area contributed by atoms with Crippen molar-refractivity contribution in [3.05, 3.63) is 237 Å². The number of aryl methyl sites for hydroxylation is 6. The van der Waals surface area contributed by atoms with Crippen molar-refractivity contribution >= 4 is 37.5 Å². The fourth-order valence-corrected chi connectivity index (χ4v) is 12.3. The Hall–Kier alpha value is -5.78. The minimum Gasteiger partial charge on any atom is -0.464 e. The molecule has 8 rings (SSSR count). The Morgan fingerprint density at radius 2 is 0.613 bits per heavy atom. The molecule has 0 radical (unpaired) electrons. The van der Waals surface area contributed by atoms with E-state index in [1.807, 2.05) is 0 Å². The second-order valence-corrected chi connectivity index (χ2v) is 20.4. The summed E-state index contributed by atoms with van der Waals surface area (Å²) >= 11 is 0. The summed E-state index contributed by atoms with van der Waals surface area (Å²) in [5, 5.41) is 4.67. The van der Waals surface area contributed by atoms with E-state index in [-0.39, 0.29) is 0 Å². The van der Waals surface area contributed by atoms with Crippen molar-refractivity contribution in [2.24, 2.45) is 0 Å². The summed E-state index contributed by atoms with van der Waals surface area (Å²) in [4.78, 5) is 0. The van der Waals surface area contributed by atoms with E-state index in [1.165, 1.54) is 88.0 Å². The van der Waals surface area contributed by atoms with Crippen LogP contribution < -0.4 is 30.3 Å². The first-order valence-electron chi connectivity index (χ1n) is 21.6. The van der Waals surface area contributed by atoms with Crippen LogP contribution in [0.3, 0.4) is 0 Å². The Kier molecular flexibility index (Phi) is 13.2. The van der Waals surface area contributed by atoms with Gasteiger partial charge in [0, 0.05) is 45.2 Å². The lowest BCUT2D eigenvalue weighted by molar-refractivity contribution is 0.611. The van der Waals surface area contributed by atoms with E-state index in [1.54, 1.807) is 0 Å². The predicted molar refractivity (Wildman–Crippen MR) is 268 cm³/mol. The molecule has 62 heavy (non-hydrogen) atoms. The zero-order chi connectivity index (χ0) is 43.3. The van der Waals surface area contributed by atoms with Gasteiger partial charge < -0.3 is 9.05 Å². The number of hydrogen-bond donors (Lipinski definition) is 0. The second-order valence-electron chi connectivity index (χ2n) is 16.8. The molecule has 8 aromatic carbocycles. The Morgan fingerprint density at radius 1 is 0.339 bits per heavy atom. The molecule has 0 aliphatic carbocycles. The Balaban J connectivity index is 1.45. The highest BCUT2D eigenvalue weighted by atomic mass is 31.1. The van der Waals surface area contributed by atoms with Crippen molar-refractivity contribution in [3.63, 3.8) is 0 Å². The van der Waals surface area contributed by atoms with Crippen LogP contribution in [0.1, 0.15) is 66.8 Å². The first kappa shape index (κ1) is 42.9. The monoisotopic (exact) mass is 846 g/mol. The van der Waals surface area contributed by atoms with Gasteiger partial charge in [-0.3, -0.25) is 0 Å². The fraction of sp³-hybridized carbons (Fsp3) is 0.172. The number of benzene rings is 8. The van der Waals surface area contributed by atoms with Gasteiger partial charge in [-0.1, -0.05) is 192 Å². The lowest BCUT2D eigenvalue weighted by Gasteiger charge is -2.30. The largest absolute Gasteiger partial charge is 0.464 e. The van der Waals surface area contributed by atoms with Crippen LogP contribution in [0.2, 0.25) is 0 Å². The van der Waals surface area contributed by atoms with Gasteiger partial charge >= 0.3 is 0 Å². The van der Waals surface area contributed by atoms with Crippen LogP contribution in [0.5, 0.6) is 11.5 Å². The molecular weight excluding hydrogens is 791 g/mol. The highest BCUT2D eigenvalue weighted by Crippen LogP contribution is 2.53. The van der Waals surface area contributed by atoms with E-state index in [4.69, 9.17) is 9.05 Å². The van der Waals surface area contributed by atoms with Gasteiger partial charge in [0.25, 0.3) is 0 Å². The highest BCUT2D eigenvalue weighted by Gasteiger charge is 2.30. The van der Waals surface area contributed by atoms with Crippen LogP contribution in [0.25, 0.3) is 11.1 Å². The van der Waals surface area contributed by atoms with Gasteiger partial charge in [0.05, 0.1) is 0 Å². The summed E-state index contributed by atoms with van der Waals surface area (Å²) in [7, 11) is -2.53. The summed E-state index contributed by atoms with van der Waals surface area (Å²) in [5.74, 6) is 1.84. The summed E-state index contributed by atoms with van der Waals surface area (Å²) in [6.07, 6.45) is 1.46. The summed E-state index contributed by atoms with van der Waals surface area (Å²) in [5.41, 5.74) is 17.0. The molecule has 2 nitrogen and oxygen atoms in total. The van der Waals surface area contributed by atoms with E-state index in [2.05, 4.69) is 225 Å². The van der Waals surface area contributed by atoms with Gasteiger partial charge in [-0.15, -0.1) is 0 Å². The fourth-order valence-electron chi connectivity index (χ4n) is 8.73. The molecule has 0 N–H and O–H groups in total. The maximum Gasteiger partial charge on any atom is 0.150 e. The van der Waals surface area contributed by atoms with Crippen molar-refractivity contribution in [1.82, 2.24) is 0 Å². The number of hydrogen-bond acceptors (Lipinski definition) is 2.